The molecule has 1 atom stereocenters. The van der Waals surface area contributed by atoms with Gasteiger partial charge in [-0.05, 0) is 12.8 Å². The third-order valence-corrected chi connectivity index (χ3v) is 2.14. The first kappa shape index (κ1) is 26.6. The van der Waals surface area contributed by atoms with E-state index in [0.29, 0.717) is 6.54 Å². The Kier molecular flexibility index (Phi) is 20.9. The molecule has 0 aromatic heterocycles. The fraction of sp³-hybridized carbons (Fsp3) is 0.692. The number of nitrogens with two attached hydrogens (primary N) is 2. The zero-order valence-electron chi connectivity index (χ0n) is 13.3. The lowest BCUT2D eigenvalue weighted by molar-refractivity contribution is -0.143. The molecule has 0 aliphatic rings. The normalized spacial score (nSPS) is 10.3. The summed E-state index contributed by atoms with van der Waals surface area (Å²) in [5.41, 5.74) is 10.6. The van der Waals surface area contributed by atoms with Crippen LogP contribution in [0.1, 0.15) is 38.5 Å². The maximum Gasteiger partial charge on any atom is 0.303 e. The van der Waals surface area contributed by atoms with E-state index in [0.717, 1.165) is 12.8 Å². The van der Waals surface area contributed by atoms with E-state index in [1.165, 1.54) is 0 Å². The molecular weight excluding hydrogens is 328 g/mol. The van der Waals surface area contributed by atoms with Crippen molar-refractivity contribution in [1.29, 1.82) is 0 Å². The lowest BCUT2D eigenvalue weighted by Gasteiger charge is -2.04. The van der Waals surface area contributed by atoms with Crippen molar-refractivity contribution in [3.63, 3.8) is 0 Å². The number of rotatable bonds is 10. The molecule has 0 aromatic rings. The standard InChI is InChI=1S/C5H14N2O.2C4H6O4/c6-4-5(7)2-1-3-8;2*5-3(6)1-2-4(7)8/h5,8H,1-4,6-7H2;2*1-2H2,(H,5,6)(H,7,8). The molecule has 0 aliphatic heterocycles. The van der Waals surface area contributed by atoms with Crippen LogP contribution in [0.3, 0.4) is 0 Å². The zero-order valence-corrected chi connectivity index (χ0v) is 13.3. The lowest BCUT2D eigenvalue weighted by atomic mass is 10.2. The van der Waals surface area contributed by atoms with E-state index >= 15 is 0 Å². The number of carboxylic acid groups (broad SMARTS) is 4. The molecule has 0 aliphatic carbocycles. The van der Waals surface area contributed by atoms with Crippen molar-refractivity contribution in [1.82, 2.24) is 0 Å². The van der Waals surface area contributed by atoms with Gasteiger partial charge in [0.15, 0.2) is 0 Å². The summed E-state index contributed by atoms with van der Waals surface area (Å²) in [5.74, 6) is -4.31. The molecule has 24 heavy (non-hydrogen) atoms. The minimum absolute atomic E-state index is 0.0714. The van der Waals surface area contributed by atoms with Crippen LogP contribution in [0.4, 0.5) is 0 Å². The molecular formula is C13H26N2O9. The van der Waals surface area contributed by atoms with E-state index in [4.69, 9.17) is 37.0 Å². The summed E-state index contributed by atoms with van der Waals surface area (Å²) in [7, 11) is 0. The quantitative estimate of drug-likeness (QED) is 0.250. The first-order valence-corrected chi connectivity index (χ1v) is 7.00. The molecule has 0 aromatic carbocycles. The van der Waals surface area contributed by atoms with Crippen molar-refractivity contribution >= 4 is 23.9 Å². The van der Waals surface area contributed by atoms with E-state index in [1.54, 1.807) is 0 Å². The van der Waals surface area contributed by atoms with Crippen molar-refractivity contribution < 1.29 is 44.7 Å². The highest BCUT2D eigenvalue weighted by molar-refractivity contribution is 5.75. The molecule has 0 saturated heterocycles. The van der Waals surface area contributed by atoms with Gasteiger partial charge >= 0.3 is 23.9 Å². The third kappa shape index (κ3) is 36.7. The second kappa shape index (κ2) is 18.8. The van der Waals surface area contributed by atoms with Gasteiger partial charge in [0.25, 0.3) is 0 Å². The molecule has 11 nitrogen and oxygen atoms in total. The molecule has 142 valence electrons. The Bertz CT molecular complexity index is 318. The Balaban J connectivity index is -0.000000276. The second-order valence-electron chi connectivity index (χ2n) is 4.44. The fourth-order valence-electron chi connectivity index (χ4n) is 0.899. The predicted molar refractivity (Wildman–Crippen MR) is 82.4 cm³/mol. The Morgan fingerprint density at radius 2 is 1.04 bits per heavy atom. The van der Waals surface area contributed by atoms with Gasteiger partial charge in [-0.3, -0.25) is 19.2 Å². The molecule has 9 N–H and O–H groups in total. The van der Waals surface area contributed by atoms with Gasteiger partial charge in [0.1, 0.15) is 0 Å². The number of aliphatic hydroxyl groups is 1. The lowest BCUT2D eigenvalue weighted by Crippen LogP contribution is -2.29. The maximum atomic E-state index is 9.64. The Labute approximate surface area is 138 Å². The number of aliphatic hydroxyl groups excluding tert-OH is 1. The van der Waals surface area contributed by atoms with Crippen molar-refractivity contribution in [2.24, 2.45) is 11.5 Å². The highest BCUT2D eigenvalue weighted by Gasteiger charge is 2.01. The number of carbonyl (C=O) groups is 4. The molecule has 1 unspecified atom stereocenters. The molecule has 0 rings (SSSR count). The molecule has 0 amide bonds. The van der Waals surface area contributed by atoms with E-state index in [9.17, 15) is 19.2 Å². The van der Waals surface area contributed by atoms with Crippen LogP contribution in [0.5, 0.6) is 0 Å². The predicted octanol–water partition coefficient (Wildman–Crippen LogP) is -1.08. The Morgan fingerprint density at radius 1 is 0.750 bits per heavy atom. The minimum Gasteiger partial charge on any atom is -0.481 e. The number of hydrogen-bond donors (Lipinski definition) is 7. The van der Waals surface area contributed by atoms with Gasteiger partial charge < -0.3 is 37.0 Å². The molecule has 0 fully saturated rings. The average Bonchev–Trinajstić information content (AvgIpc) is 2.49. The highest BCUT2D eigenvalue weighted by atomic mass is 16.4. The maximum absolute atomic E-state index is 9.64. The molecule has 0 heterocycles. The van der Waals surface area contributed by atoms with Crippen LogP contribution in [-0.4, -0.2) is 68.6 Å². The Hall–Kier alpha value is -2.24. The number of aliphatic carboxylic acids is 4. The van der Waals surface area contributed by atoms with Gasteiger partial charge in [-0.1, -0.05) is 0 Å². The third-order valence-electron chi connectivity index (χ3n) is 2.14. The van der Waals surface area contributed by atoms with E-state index < -0.39 is 23.9 Å². The average molecular weight is 354 g/mol. The molecule has 11 heteroatoms. The summed E-state index contributed by atoms with van der Waals surface area (Å²) in [5, 5.41) is 39.9. The summed E-state index contributed by atoms with van der Waals surface area (Å²) in [4.78, 5) is 38.6. The van der Waals surface area contributed by atoms with E-state index in [2.05, 4.69) is 0 Å². The fourth-order valence-corrected chi connectivity index (χ4v) is 0.899. The van der Waals surface area contributed by atoms with Gasteiger partial charge in [0, 0.05) is 19.2 Å². The summed E-state index contributed by atoms with van der Waals surface area (Å²) in [6, 6.07) is 0.0714. The highest BCUT2D eigenvalue weighted by Crippen LogP contribution is 1.89. The summed E-state index contributed by atoms with van der Waals surface area (Å²) < 4.78 is 0. The van der Waals surface area contributed by atoms with Gasteiger partial charge in [-0.2, -0.15) is 0 Å². The first-order chi connectivity index (χ1) is 11.1. The molecule has 0 saturated carbocycles. The van der Waals surface area contributed by atoms with Crippen molar-refractivity contribution in [3.05, 3.63) is 0 Å². The summed E-state index contributed by atoms with van der Waals surface area (Å²) in [6.45, 7) is 0.730. The van der Waals surface area contributed by atoms with Crippen LogP contribution < -0.4 is 11.5 Å². The van der Waals surface area contributed by atoms with Gasteiger partial charge in [-0.25, -0.2) is 0 Å². The first-order valence-electron chi connectivity index (χ1n) is 7.00. The molecule has 0 radical (unpaired) electrons. The van der Waals surface area contributed by atoms with Gasteiger partial charge in [0.05, 0.1) is 25.7 Å². The van der Waals surface area contributed by atoms with Crippen LogP contribution >= 0.6 is 0 Å². The van der Waals surface area contributed by atoms with Crippen LogP contribution in [0.25, 0.3) is 0 Å². The summed E-state index contributed by atoms with van der Waals surface area (Å²) >= 11 is 0. The van der Waals surface area contributed by atoms with E-state index in [1.807, 2.05) is 0 Å². The summed E-state index contributed by atoms with van der Waals surface area (Å²) in [6.07, 6.45) is 0.403. The van der Waals surface area contributed by atoms with Crippen molar-refractivity contribution in [2.45, 2.75) is 44.6 Å². The minimum atomic E-state index is -1.08. The van der Waals surface area contributed by atoms with Crippen molar-refractivity contribution in [2.75, 3.05) is 13.2 Å². The van der Waals surface area contributed by atoms with Crippen LogP contribution in [-0.2, 0) is 19.2 Å². The number of carboxylic acids is 4. The number of hydrogen-bond acceptors (Lipinski definition) is 7. The smallest absolute Gasteiger partial charge is 0.303 e. The van der Waals surface area contributed by atoms with Crippen molar-refractivity contribution in [3.8, 4) is 0 Å². The van der Waals surface area contributed by atoms with Gasteiger partial charge in [-0.15, -0.1) is 0 Å². The molecule has 0 spiro atoms. The monoisotopic (exact) mass is 354 g/mol. The molecule has 0 bridgehead atoms. The van der Waals surface area contributed by atoms with Crippen LogP contribution in [0.2, 0.25) is 0 Å². The van der Waals surface area contributed by atoms with Gasteiger partial charge in [0.2, 0.25) is 0 Å². The zero-order chi connectivity index (χ0) is 19.5. The second-order valence-corrected chi connectivity index (χ2v) is 4.44. The Morgan fingerprint density at radius 3 is 1.21 bits per heavy atom. The van der Waals surface area contributed by atoms with Crippen LogP contribution in [0, 0.1) is 0 Å². The topological polar surface area (TPSA) is 221 Å². The van der Waals surface area contributed by atoms with E-state index in [-0.39, 0.29) is 38.3 Å². The van der Waals surface area contributed by atoms with Crippen LogP contribution in [0.15, 0.2) is 0 Å². The SMILES string of the molecule is NCC(N)CCCO.O=C(O)CCC(=O)O.O=C(O)CCC(=O)O. The largest absolute Gasteiger partial charge is 0.481 e.